The Morgan fingerprint density at radius 1 is 0.950 bits per heavy atom. The van der Waals surface area contributed by atoms with Crippen molar-refractivity contribution < 1.29 is 22.6 Å². The van der Waals surface area contributed by atoms with Gasteiger partial charge in [-0.05, 0) is 36.4 Å². The SMILES string of the molecule is COc1ccc(N)c(Oc2ccc(C(F)(F)F)cc2)c1. The number of anilines is 1. The third-order valence-corrected chi connectivity index (χ3v) is 2.63. The summed E-state index contributed by atoms with van der Waals surface area (Å²) in [6.45, 7) is 0. The second-order valence-corrected chi connectivity index (χ2v) is 4.03. The van der Waals surface area contributed by atoms with Gasteiger partial charge in [-0.25, -0.2) is 0 Å². The quantitative estimate of drug-likeness (QED) is 0.863. The first kappa shape index (κ1) is 14.0. The van der Waals surface area contributed by atoms with Gasteiger partial charge >= 0.3 is 6.18 Å². The molecule has 2 aromatic carbocycles. The van der Waals surface area contributed by atoms with Gasteiger partial charge in [0.2, 0.25) is 0 Å². The number of nitrogen functional groups attached to an aromatic ring is 1. The van der Waals surface area contributed by atoms with Crippen LogP contribution in [0.4, 0.5) is 18.9 Å². The van der Waals surface area contributed by atoms with Crippen molar-refractivity contribution in [3.05, 3.63) is 48.0 Å². The molecule has 0 radical (unpaired) electrons. The summed E-state index contributed by atoms with van der Waals surface area (Å²) in [5.74, 6) is 1.13. The van der Waals surface area contributed by atoms with Crippen molar-refractivity contribution >= 4 is 5.69 Å². The van der Waals surface area contributed by atoms with Crippen LogP contribution < -0.4 is 15.2 Å². The van der Waals surface area contributed by atoms with E-state index >= 15 is 0 Å². The van der Waals surface area contributed by atoms with Crippen molar-refractivity contribution in [2.45, 2.75) is 6.18 Å². The molecule has 0 bridgehead atoms. The zero-order valence-corrected chi connectivity index (χ0v) is 10.6. The maximum Gasteiger partial charge on any atom is 0.416 e. The van der Waals surface area contributed by atoms with Crippen LogP contribution in [-0.4, -0.2) is 7.11 Å². The average Bonchev–Trinajstić information content (AvgIpc) is 2.41. The number of nitrogens with two attached hydrogens (primary N) is 1. The number of alkyl halides is 3. The summed E-state index contributed by atoms with van der Waals surface area (Å²) in [6.07, 6.45) is -4.37. The molecular weight excluding hydrogens is 271 g/mol. The Morgan fingerprint density at radius 3 is 2.10 bits per heavy atom. The molecule has 2 N–H and O–H groups in total. The summed E-state index contributed by atoms with van der Waals surface area (Å²) >= 11 is 0. The predicted octanol–water partition coefficient (Wildman–Crippen LogP) is 4.09. The highest BCUT2D eigenvalue weighted by molar-refractivity contribution is 5.57. The molecule has 2 aromatic rings. The van der Waals surface area contributed by atoms with Crippen molar-refractivity contribution in [2.24, 2.45) is 0 Å². The van der Waals surface area contributed by atoms with Crippen molar-refractivity contribution in [2.75, 3.05) is 12.8 Å². The third-order valence-electron chi connectivity index (χ3n) is 2.63. The van der Waals surface area contributed by atoms with E-state index in [4.69, 9.17) is 15.2 Å². The lowest BCUT2D eigenvalue weighted by atomic mass is 10.2. The largest absolute Gasteiger partial charge is 0.497 e. The second kappa shape index (κ2) is 5.32. The minimum absolute atomic E-state index is 0.262. The van der Waals surface area contributed by atoms with Gasteiger partial charge in [0.1, 0.15) is 11.5 Å². The van der Waals surface area contributed by atoms with Gasteiger partial charge in [0.15, 0.2) is 5.75 Å². The van der Waals surface area contributed by atoms with Gasteiger partial charge < -0.3 is 15.2 Å². The topological polar surface area (TPSA) is 44.5 Å². The summed E-state index contributed by atoms with van der Waals surface area (Å²) in [5.41, 5.74) is 5.36. The van der Waals surface area contributed by atoms with Crippen LogP contribution in [0, 0.1) is 0 Å². The van der Waals surface area contributed by atoms with Gasteiger partial charge in [-0.1, -0.05) is 0 Å². The highest BCUT2D eigenvalue weighted by Gasteiger charge is 2.30. The Labute approximate surface area is 113 Å². The number of rotatable bonds is 3. The Kier molecular flexibility index (Phi) is 3.74. The molecule has 0 aromatic heterocycles. The summed E-state index contributed by atoms with van der Waals surface area (Å²) in [7, 11) is 1.49. The Bertz CT molecular complexity index is 594. The van der Waals surface area contributed by atoms with E-state index < -0.39 is 11.7 Å². The molecular formula is C14H12F3NO2. The van der Waals surface area contributed by atoms with Crippen LogP contribution in [0.15, 0.2) is 42.5 Å². The summed E-state index contributed by atoms with van der Waals surface area (Å²) in [4.78, 5) is 0. The second-order valence-electron chi connectivity index (χ2n) is 4.03. The van der Waals surface area contributed by atoms with Gasteiger partial charge in [-0.3, -0.25) is 0 Å². The monoisotopic (exact) mass is 283 g/mol. The van der Waals surface area contributed by atoms with Crippen LogP contribution in [-0.2, 0) is 6.18 Å². The summed E-state index contributed by atoms with van der Waals surface area (Å²) < 4.78 is 47.8. The lowest BCUT2D eigenvalue weighted by Gasteiger charge is -2.11. The fourth-order valence-corrected chi connectivity index (χ4v) is 1.57. The van der Waals surface area contributed by atoms with Crippen molar-refractivity contribution in [3.63, 3.8) is 0 Å². The molecule has 0 aliphatic rings. The molecule has 0 heterocycles. The third kappa shape index (κ3) is 3.14. The maximum absolute atomic E-state index is 12.4. The molecule has 0 saturated heterocycles. The predicted molar refractivity (Wildman–Crippen MR) is 68.9 cm³/mol. The molecule has 0 spiro atoms. The molecule has 0 aliphatic carbocycles. The molecule has 0 atom stereocenters. The highest BCUT2D eigenvalue weighted by atomic mass is 19.4. The average molecular weight is 283 g/mol. The summed E-state index contributed by atoms with van der Waals surface area (Å²) in [6, 6.07) is 9.20. The minimum Gasteiger partial charge on any atom is -0.497 e. The van der Waals surface area contributed by atoms with Crippen LogP contribution in [0.3, 0.4) is 0 Å². The van der Waals surface area contributed by atoms with Crippen LogP contribution in [0.2, 0.25) is 0 Å². The van der Waals surface area contributed by atoms with Gasteiger partial charge in [0.25, 0.3) is 0 Å². The number of hydrogen-bond donors (Lipinski definition) is 1. The molecule has 3 nitrogen and oxygen atoms in total. The van der Waals surface area contributed by atoms with Crippen molar-refractivity contribution in [3.8, 4) is 17.2 Å². The zero-order valence-electron chi connectivity index (χ0n) is 10.6. The van der Waals surface area contributed by atoms with Gasteiger partial charge in [-0.2, -0.15) is 13.2 Å². The normalized spacial score (nSPS) is 11.2. The van der Waals surface area contributed by atoms with Crippen molar-refractivity contribution in [1.82, 2.24) is 0 Å². The first-order valence-corrected chi connectivity index (χ1v) is 5.69. The molecule has 0 amide bonds. The number of methoxy groups -OCH3 is 1. The van der Waals surface area contributed by atoms with E-state index in [-0.39, 0.29) is 5.75 Å². The molecule has 0 saturated carbocycles. The van der Waals surface area contributed by atoms with Crippen LogP contribution in [0.25, 0.3) is 0 Å². The lowest BCUT2D eigenvalue weighted by Crippen LogP contribution is -2.04. The van der Waals surface area contributed by atoms with Crippen molar-refractivity contribution in [1.29, 1.82) is 0 Å². The van der Waals surface area contributed by atoms with E-state index in [9.17, 15) is 13.2 Å². The fraction of sp³-hybridized carbons (Fsp3) is 0.143. The van der Waals surface area contributed by atoms with E-state index in [2.05, 4.69) is 0 Å². The number of hydrogen-bond acceptors (Lipinski definition) is 3. The molecule has 6 heteroatoms. The summed E-state index contributed by atoms with van der Waals surface area (Å²) in [5, 5.41) is 0. The Hall–Kier alpha value is -2.37. The smallest absolute Gasteiger partial charge is 0.416 e. The number of halogens is 3. The first-order chi connectivity index (χ1) is 9.40. The molecule has 20 heavy (non-hydrogen) atoms. The highest BCUT2D eigenvalue weighted by Crippen LogP contribution is 2.34. The fourth-order valence-electron chi connectivity index (χ4n) is 1.57. The number of benzene rings is 2. The van der Waals surface area contributed by atoms with E-state index in [0.29, 0.717) is 17.2 Å². The van der Waals surface area contributed by atoms with E-state index in [1.54, 1.807) is 18.2 Å². The van der Waals surface area contributed by atoms with Gasteiger partial charge in [-0.15, -0.1) is 0 Å². The van der Waals surface area contributed by atoms with E-state index in [1.807, 2.05) is 0 Å². The zero-order chi connectivity index (χ0) is 14.8. The van der Waals surface area contributed by atoms with Gasteiger partial charge in [0.05, 0.1) is 18.4 Å². The number of ether oxygens (including phenoxy) is 2. The van der Waals surface area contributed by atoms with Gasteiger partial charge in [0, 0.05) is 6.07 Å². The van der Waals surface area contributed by atoms with Crippen LogP contribution in [0.1, 0.15) is 5.56 Å². The van der Waals surface area contributed by atoms with Crippen LogP contribution in [0.5, 0.6) is 17.2 Å². The molecule has 106 valence electrons. The minimum atomic E-state index is -4.37. The molecule has 0 fully saturated rings. The molecule has 0 unspecified atom stereocenters. The standard InChI is InChI=1S/C14H12F3NO2/c1-19-11-6-7-12(18)13(8-11)20-10-4-2-9(3-5-10)14(15,16)17/h2-8H,18H2,1H3. The lowest BCUT2D eigenvalue weighted by molar-refractivity contribution is -0.137. The Morgan fingerprint density at radius 2 is 1.55 bits per heavy atom. The van der Waals surface area contributed by atoms with Crippen LogP contribution >= 0.6 is 0 Å². The molecule has 2 rings (SSSR count). The molecule has 0 aliphatic heterocycles. The van der Waals surface area contributed by atoms with E-state index in [0.717, 1.165) is 12.1 Å². The maximum atomic E-state index is 12.4. The Balaban J connectivity index is 2.22. The first-order valence-electron chi connectivity index (χ1n) is 5.69. The van der Waals surface area contributed by atoms with E-state index in [1.165, 1.54) is 19.2 Å².